The first-order valence-corrected chi connectivity index (χ1v) is 8.27. The van der Waals surface area contributed by atoms with Gasteiger partial charge < -0.3 is 15.8 Å². The van der Waals surface area contributed by atoms with Gasteiger partial charge in [0, 0.05) is 23.7 Å². The number of aryl methyl sites for hydroxylation is 1. The third-order valence-electron chi connectivity index (χ3n) is 4.36. The molecule has 2 heterocycles. The monoisotopic (exact) mass is 328 g/mol. The van der Waals surface area contributed by atoms with Crippen LogP contribution in [0.4, 0.5) is 0 Å². The third kappa shape index (κ3) is 3.66. The van der Waals surface area contributed by atoms with E-state index in [1.807, 2.05) is 49.2 Å². The van der Waals surface area contributed by atoms with Crippen LogP contribution in [0.15, 0.2) is 30.3 Å². The second-order valence-electron chi connectivity index (χ2n) is 6.37. The molecule has 1 saturated heterocycles. The van der Waals surface area contributed by atoms with Gasteiger partial charge in [-0.1, -0.05) is 18.2 Å². The predicted octanol–water partition coefficient (Wildman–Crippen LogP) is 1.07. The lowest BCUT2D eigenvalue weighted by atomic mass is 10.1. The maximum Gasteiger partial charge on any atom is 0.237 e. The van der Waals surface area contributed by atoms with Gasteiger partial charge in [0.25, 0.3) is 0 Å². The first-order valence-electron chi connectivity index (χ1n) is 8.27. The van der Waals surface area contributed by atoms with Crippen LogP contribution >= 0.6 is 0 Å². The molecular formula is C18H24N4O2. The molecular weight excluding hydrogens is 304 g/mol. The van der Waals surface area contributed by atoms with E-state index in [0.29, 0.717) is 19.6 Å². The van der Waals surface area contributed by atoms with Crippen LogP contribution in [0.3, 0.4) is 0 Å². The number of nitrogens with one attached hydrogen (secondary N) is 1. The Hall–Kier alpha value is -2.18. The van der Waals surface area contributed by atoms with Gasteiger partial charge in [-0.3, -0.25) is 9.69 Å². The fourth-order valence-electron chi connectivity index (χ4n) is 3.13. The van der Waals surface area contributed by atoms with Crippen molar-refractivity contribution < 1.29 is 9.53 Å². The minimum Gasteiger partial charge on any atom is -0.489 e. The lowest BCUT2D eigenvalue weighted by Crippen LogP contribution is -2.42. The second-order valence-corrected chi connectivity index (χ2v) is 6.37. The quantitative estimate of drug-likeness (QED) is 0.803. The molecule has 1 aromatic heterocycles. The number of likely N-dealkylation sites (tertiary alicyclic amines) is 1. The molecule has 24 heavy (non-hydrogen) atoms. The maximum atomic E-state index is 12.2. The van der Waals surface area contributed by atoms with Crippen molar-refractivity contribution in [3.8, 4) is 5.75 Å². The summed E-state index contributed by atoms with van der Waals surface area (Å²) in [6, 6.07) is 9.81. The van der Waals surface area contributed by atoms with Crippen molar-refractivity contribution in [1.29, 1.82) is 0 Å². The minimum absolute atomic E-state index is 0.0148. The van der Waals surface area contributed by atoms with Crippen LogP contribution in [0.2, 0.25) is 0 Å². The Morgan fingerprint density at radius 2 is 2.25 bits per heavy atom. The molecule has 3 N–H and O–H groups in total. The molecule has 1 aliphatic rings. The molecule has 0 radical (unpaired) electrons. The van der Waals surface area contributed by atoms with Gasteiger partial charge in [0.05, 0.1) is 12.6 Å². The summed E-state index contributed by atoms with van der Waals surface area (Å²) in [6.45, 7) is 3.58. The van der Waals surface area contributed by atoms with Gasteiger partial charge in [0.1, 0.15) is 17.9 Å². The van der Waals surface area contributed by atoms with E-state index in [-0.39, 0.29) is 18.0 Å². The highest BCUT2D eigenvalue weighted by molar-refractivity contribution is 5.84. The zero-order valence-electron chi connectivity index (χ0n) is 14.2. The van der Waals surface area contributed by atoms with Gasteiger partial charge in [-0.2, -0.15) is 0 Å². The Morgan fingerprint density at radius 3 is 3.00 bits per heavy atom. The van der Waals surface area contributed by atoms with E-state index in [4.69, 9.17) is 10.5 Å². The molecule has 6 heteroatoms. The summed E-state index contributed by atoms with van der Waals surface area (Å²) in [7, 11) is 1.93. The molecule has 0 saturated carbocycles. The number of hydrogen-bond donors (Lipinski definition) is 2. The molecule has 0 bridgehead atoms. The van der Waals surface area contributed by atoms with Crippen molar-refractivity contribution in [2.45, 2.75) is 25.4 Å². The third-order valence-corrected chi connectivity index (χ3v) is 4.36. The van der Waals surface area contributed by atoms with Crippen LogP contribution in [0, 0.1) is 6.92 Å². The number of ether oxygens (including phenoxy) is 1. The summed E-state index contributed by atoms with van der Waals surface area (Å²) >= 11 is 0. The molecule has 0 aliphatic carbocycles. The Bertz CT molecular complexity index is 734. The molecule has 1 aliphatic heterocycles. The number of amides is 1. The number of aromatic nitrogens is 1. The average Bonchev–Trinajstić information content (AvgIpc) is 2.90. The Kier molecular flexibility index (Phi) is 4.97. The molecule has 2 atom stereocenters. The number of benzene rings is 1. The number of carbonyl (C=O) groups is 1. The van der Waals surface area contributed by atoms with Crippen LogP contribution in [0.25, 0.3) is 10.9 Å². The van der Waals surface area contributed by atoms with Gasteiger partial charge >= 0.3 is 0 Å². The van der Waals surface area contributed by atoms with Crippen molar-refractivity contribution in [3.05, 3.63) is 36.0 Å². The van der Waals surface area contributed by atoms with Gasteiger partial charge in [0.2, 0.25) is 5.91 Å². The highest BCUT2D eigenvalue weighted by Crippen LogP contribution is 2.23. The highest BCUT2D eigenvalue weighted by atomic mass is 16.5. The maximum absolute atomic E-state index is 12.2. The van der Waals surface area contributed by atoms with Gasteiger partial charge in [-0.05, 0) is 32.5 Å². The fourth-order valence-corrected chi connectivity index (χ4v) is 3.13. The predicted molar refractivity (Wildman–Crippen MR) is 94.0 cm³/mol. The zero-order valence-corrected chi connectivity index (χ0v) is 14.2. The highest BCUT2D eigenvalue weighted by Gasteiger charge is 2.32. The Labute approximate surface area is 142 Å². The molecule has 1 amide bonds. The van der Waals surface area contributed by atoms with E-state index < -0.39 is 0 Å². The summed E-state index contributed by atoms with van der Waals surface area (Å²) in [5, 5.41) is 3.97. The number of para-hydroxylation sites is 1. The van der Waals surface area contributed by atoms with E-state index >= 15 is 0 Å². The van der Waals surface area contributed by atoms with Crippen LogP contribution < -0.4 is 15.8 Å². The van der Waals surface area contributed by atoms with Crippen molar-refractivity contribution in [3.63, 3.8) is 0 Å². The molecule has 6 nitrogen and oxygen atoms in total. The van der Waals surface area contributed by atoms with Crippen LogP contribution in [0.5, 0.6) is 5.75 Å². The Morgan fingerprint density at radius 1 is 1.42 bits per heavy atom. The molecule has 3 rings (SSSR count). The van der Waals surface area contributed by atoms with E-state index in [1.54, 1.807) is 0 Å². The van der Waals surface area contributed by atoms with E-state index in [0.717, 1.165) is 28.9 Å². The van der Waals surface area contributed by atoms with Gasteiger partial charge in [0.15, 0.2) is 0 Å². The first-order chi connectivity index (χ1) is 11.5. The number of hydrogen-bond acceptors (Lipinski definition) is 5. The van der Waals surface area contributed by atoms with E-state index in [1.165, 1.54) is 0 Å². The summed E-state index contributed by atoms with van der Waals surface area (Å²) in [6.07, 6.45) is 0.704. The van der Waals surface area contributed by atoms with E-state index in [9.17, 15) is 4.79 Å². The largest absolute Gasteiger partial charge is 0.489 e. The van der Waals surface area contributed by atoms with Gasteiger partial charge in [-0.25, -0.2) is 4.98 Å². The number of likely N-dealkylation sites (N-methyl/N-ethyl adjacent to an activating group) is 1. The topological polar surface area (TPSA) is 80.5 Å². The fraction of sp³-hybridized carbons (Fsp3) is 0.444. The first kappa shape index (κ1) is 16.7. The molecule has 1 aromatic carbocycles. The second kappa shape index (κ2) is 7.15. The van der Waals surface area contributed by atoms with E-state index in [2.05, 4.69) is 10.3 Å². The van der Waals surface area contributed by atoms with Crippen molar-refractivity contribution in [2.24, 2.45) is 5.73 Å². The van der Waals surface area contributed by atoms with Crippen molar-refractivity contribution >= 4 is 16.8 Å². The molecule has 128 valence electrons. The lowest BCUT2D eigenvalue weighted by molar-refractivity contribution is -0.125. The summed E-state index contributed by atoms with van der Waals surface area (Å²) in [5.41, 5.74) is 7.70. The number of nitrogens with zero attached hydrogens (tertiary/aromatic N) is 2. The minimum atomic E-state index is -0.137. The molecule has 1 fully saturated rings. The van der Waals surface area contributed by atoms with Crippen LogP contribution in [0.1, 0.15) is 12.1 Å². The molecule has 2 aromatic rings. The van der Waals surface area contributed by atoms with Crippen molar-refractivity contribution in [2.75, 3.05) is 26.7 Å². The van der Waals surface area contributed by atoms with Gasteiger partial charge in [-0.15, -0.1) is 0 Å². The molecule has 0 spiro atoms. The smallest absolute Gasteiger partial charge is 0.237 e. The number of rotatable bonds is 5. The number of nitrogens with two attached hydrogens (primary N) is 1. The van der Waals surface area contributed by atoms with Crippen LogP contribution in [-0.4, -0.2) is 54.6 Å². The summed E-state index contributed by atoms with van der Waals surface area (Å²) < 4.78 is 5.82. The Balaban J connectivity index is 1.54. The number of fused-ring (bicyclic) bond motifs is 1. The SMILES string of the molecule is Cc1ccc2cccc(OCCNC(=O)[C@@H]3C[C@H](N)CN3C)c2n1. The number of carbonyl (C=O) groups excluding carboxylic acids is 1. The van der Waals surface area contributed by atoms with Crippen molar-refractivity contribution in [1.82, 2.24) is 15.2 Å². The summed E-state index contributed by atoms with van der Waals surface area (Å²) in [5.74, 6) is 0.756. The average molecular weight is 328 g/mol. The standard InChI is InChI=1S/C18H24N4O2/c1-12-6-7-13-4-3-5-16(17(13)21-12)24-9-8-20-18(23)15-10-14(19)11-22(15)2/h3-7,14-15H,8-11,19H2,1-2H3,(H,20,23)/t14-,15-/m0/s1. The lowest BCUT2D eigenvalue weighted by Gasteiger charge is -2.18. The van der Waals surface area contributed by atoms with Crippen LogP contribution in [-0.2, 0) is 4.79 Å². The number of pyridine rings is 1. The normalized spacial score (nSPS) is 21.1. The zero-order chi connectivity index (χ0) is 17.1. The molecule has 0 unspecified atom stereocenters. The summed E-state index contributed by atoms with van der Waals surface area (Å²) in [4.78, 5) is 18.7.